The van der Waals surface area contributed by atoms with Crippen LogP contribution in [0.5, 0.6) is 0 Å². The van der Waals surface area contributed by atoms with Gasteiger partial charge in [-0.2, -0.15) is 0 Å². The first-order valence-electron chi connectivity index (χ1n) is 3.32. The van der Waals surface area contributed by atoms with Gasteiger partial charge in [0.1, 0.15) is 0 Å². The molecule has 0 unspecified atom stereocenters. The Morgan fingerprint density at radius 3 is 2.38 bits per heavy atom. The molecule has 1 heterocycles. The standard InChI is InChI=1S/C6H6BrClN2O2S/c7-5-3-9-6(10-4-5)13(11,12)2-1-8/h3-4H,1-2H2. The fraction of sp³-hybridized carbons (Fsp3) is 0.333. The van der Waals surface area contributed by atoms with Crippen LogP contribution in [0.2, 0.25) is 0 Å². The molecule has 0 aromatic carbocycles. The zero-order valence-corrected chi connectivity index (χ0v) is 9.60. The first-order valence-corrected chi connectivity index (χ1v) is 6.30. The lowest BCUT2D eigenvalue weighted by Crippen LogP contribution is -2.11. The van der Waals surface area contributed by atoms with E-state index in [1.807, 2.05) is 0 Å². The molecular formula is C6H6BrClN2O2S. The maximum absolute atomic E-state index is 11.3. The average Bonchev–Trinajstić information content (AvgIpc) is 2.05. The fourth-order valence-corrected chi connectivity index (χ4v) is 2.28. The van der Waals surface area contributed by atoms with Gasteiger partial charge in [-0.05, 0) is 15.9 Å². The third kappa shape index (κ3) is 2.89. The maximum Gasteiger partial charge on any atom is 0.247 e. The molecule has 1 aromatic heterocycles. The molecule has 1 aromatic rings. The van der Waals surface area contributed by atoms with E-state index in [4.69, 9.17) is 11.6 Å². The van der Waals surface area contributed by atoms with Crippen molar-refractivity contribution < 1.29 is 8.42 Å². The summed E-state index contributed by atoms with van der Waals surface area (Å²) in [7, 11) is -3.40. The Hall–Kier alpha value is -0.200. The highest BCUT2D eigenvalue weighted by molar-refractivity contribution is 9.10. The van der Waals surface area contributed by atoms with Crippen LogP contribution in [0, 0.1) is 0 Å². The number of hydrogen-bond acceptors (Lipinski definition) is 4. The summed E-state index contributed by atoms with van der Waals surface area (Å²) in [5.74, 6) is -0.0993. The van der Waals surface area contributed by atoms with Crippen LogP contribution < -0.4 is 0 Å². The van der Waals surface area contributed by atoms with E-state index in [0.29, 0.717) is 4.47 Å². The van der Waals surface area contributed by atoms with E-state index in [9.17, 15) is 8.42 Å². The number of sulfone groups is 1. The summed E-state index contributed by atoms with van der Waals surface area (Å²) in [5, 5.41) is -0.184. The molecular weight excluding hydrogens is 280 g/mol. The Balaban J connectivity index is 3.02. The minimum Gasteiger partial charge on any atom is -0.226 e. The van der Waals surface area contributed by atoms with Gasteiger partial charge in [0.05, 0.1) is 10.2 Å². The smallest absolute Gasteiger partial charge is 0.226 e. The number of rotatable bonds is 3. The zero-order valence-electron chi connectivity index (χ0n) is 6.44. The largest absolute Gasteiger partial charge is 0.247 e. The second kappa shape index (κ2) is 4.34. The Bertz CT molecular complexity index is 378. The predicted octanol–water partition coefficient (Wildman–Crippen LogP) is 1.25. The molecule has 0 radical (unpaired) electrons. The topological polar surface area (TPSA) is 59.9 Å². The highest BCUT2D eigenvalue weighted by atomic mass is 79.9. The monoisotopic (exact) mass is 284 g/mol. The van der Waals surface area contributed by atoms with Gasteiger partial charge in [-0.1, -0.05) is 0 Å². The number of aromatic nitrogens is 2. The molecule has 0 aliphatic heterocycles. The van der Waals surface area contributed by atoms with Crippen molar-refractivity contribution in [2.75, 3.05) is 11.6 Å². The molecule has 0 amide bonds. The molecule has 0 saturated carbocycles. The summed E-state index contributed by atoms with van der Waals surface area (Å²) in [6.45, 7) is 0. The lowest BCUT2D eigenvalue weighted by atomic mass is 10.7. The lowest BCUT2D eigenvalue weighted by Gasteiger charge is -1.98. The van der Waals surface area contributed by atoms with E-state index in [0.717, 1.165) is 0 Å². The maximum atomic E-state index is 11.3. The number of hydrogen-bond donors (Lipinski definition) is 0. The molecule has 72 valence electrons. The van der Waals surface area contributed by atoms with E-state index >= 15 is 0 Å². The number of nitrogens with zero attached hydrogens (tertiary/aromatic N) is 2. The lowest BCUT2D eigenvalue weighted by molar-refractivity contribution is 0.588. The number of alkyl halides is 1. The molecule has 1 rings (SSSR count). The van der Waals surface area contributed by atoms with E-state index < -0.39 is 9.84 Å². The van der Waals surface area contributed by atoms with Crippen molar-refractivity contribution in [1.29, 1.82) is 0 Å². The Morgan fingerprint density at radius 2 is 1.92 bits per heavy atom. The van der Waals surface area contributed by atoms with Crippen molar-refractivity contribution in [2.24, 2.45) is 0 Å². The van der Waals surface area contributed by atoms with Crippen molar-refractivity contribution in [2.45, 2.75) is 5.16 Å². The Labute approximate surface area is 89.4 Å². The molecule has 0 aliphatic rings. The van der Waals surface area contributed by atoms with E-state index in [1.165, 1.54) is 12.4 Å². The molecule has 0 aliphatic carbocycles. The van der Waals surface area contributed by atoms with Gasteiger partial charge in [0.2, 0.25) is 15.0 Å². The molecule has 4 nitrogen and oxygen atoms in total. The van der Waals surface area contributed by atoms with Gasteiger partial charge < -0.3 is 0 Å². The normalized spacial score (nSPS) is 11.5. The van der Waals surface area contributed by atoms with Crippen molar-refractivity contribution in [3.8, 4) is 0 Å². The number of halogens is 2. The fourth-order valence-electron chi connectivity index (χ4n) is 0.654. The second-order valence-corrected chi connectivity index (χ2v) is 5.49. The minimum atomic E-state index is -3.40. The quantitative estimate of drug-likeness (QED) is 0.619. The zero-order chi connectivity index (χ0) is 9.90. The van der Waals surface area contributed by atoms with Crippen LogP contribution in [-0.2, 0) is 9.84 Å². The summed E-state index contributed by atoms with van der Waals surface area (Å²) in [6.07, 6.45) is 2.77. The molecule has 0 bridgehead atoms. The first-order chi connectivity index (χ1) is 6.06. The first kappa shape index (κ1) is 10.9. The van der Waals surface area contributed by atoms with Gasteiger partial charge in [-0.25, -0.2) is 18.4 Å². The molecule has 7 heteroatoms. The second-order valence-electron chi connectivity index (χ2n) is 2.19. The molecule has 0 N–H and O–H groups in total. The van der Waals surface area contributed by atoms with Crippen LogP contribution >= 0.6 is 27.5 Å². The summed E-state index contributed by atoms with van der Waals surface area (Å²) in [4.78, 5) is 7.33. The van der Waals surface area contributed by atoms with Gasteiger partial charge in [0, 0.05) is 18.3 Å². The summed E-state index contributed by atoms with van der Waals surface area (Å²) in [5.41, 5.74) is 0. The van der Waals surface area contributed by atoms with Gasteiger partial charge in [-0.3, -0.25) is 0 Å². The van der Waals surface area contributed by atoms with Crippen LogP contribution in [0.4, 0.5) is 0 Å². The molecule has 0 fully saturated rings. The van der Waals surface area contributed by atoms with Gasteiger partial charge >= 0.3 is 0 Å². The summed E-state index contributed by atoms with van der Waals surface area (Å²) in [6, 6.07) is 0. The van der Waals surface area contributed by atoms with E-state index in [1.54, 1.807) is 0 Å². The van der Waals surface area contributed by atoms with Crippen molar-refractivity contribution >= 4 is 37.4 Å². The van der Waals surface area contributed by atoms with Crippen LogP contribution in [0.25, 0.3) is 0 Å². The van der Waals surface area contributed by atoms with Gasteiger partial charge in [-0.15, -0.1) is 11.6 Å². The van der Waals surface area contributed by atoms with E-state index in [-0.39, 0.29) is 16.8 Å². The molecule has 0 saturated heterocycles. The SMILES string of the molecule is O=S(=O)(CCCl)c1ncc(Br)cn1. The Kier molecular flexibility index (Phi) is 3.63. The predicted molar refractivity (Wildman–Crippen MR) is 52.5 cm³/mol. The van der Waals surface area contributed by atoms with E-state index in [2.05, 4.69) is 25.9 Å². The van der Waals surface area contributed by atoms with Gasteiger partial charge in [0.25, 0.3) is 0 Å². The van der Waals surface area contributed by atoms with Crippen molar-refractivity contribution in [1.82, 2.24) is 9.97 Å². The highest BCUT2D eigenvalue weighted by Crippen LogP contribution is 2.09. The third-order valence-electron chi connectivity index (χ3n) is 1.22. The van der Waals surface area contributed by atoms with Crippen LogP contribution in [-0.4, -0.2) is 30.0 Å². The van der Waals surface area contributed by atoms with Gasteiger partial charge in [0.15, 0.2) is 0 Å². The molecule has 0 atom stereocenters. The Morgan fingerprint density at radius 1 is 1.38 bits per heavy atom. The van der Waals surface area contributed by atoms with Crippen LogP contribution in [0.3, 0.4) is 0 Å². The van der Waals surface area contributed by atoms with Crippen LogP contribution in [0.1, 0.15) is 0 Å². The highest BCUT2D eigenvalue weighted by Gasteiger charge is 2.16. The molecule has 0 spiro atoms. The molecule has 13 heavy (non-hydrogen) atoms. The third-order valence-corrected chi connectivity index (χ3v) is 3.55. The van der Waals surface area contributed by atoms with Crippen molar-refractivity contribution in [3.63, 3.8) is 0 Å². The summed E-state index contributed by atoms with van der Waals surface area (Å²) < 4.78 is 23.3. The minimum absolute atomic E-state index is 0.0434. The summed E-state index contributed by atoms with van der Waals surface area (Å²) >= 11 is 8.43. The van der Waals surface area contributed by atoms with Crippen LogP contribution in [0.15, 0.2) is 22.0 Å². The average molecular weight is 286 g/mol. The van der Waals surface area contributed by atoms with Crippen molar-refractivity contribution in [3.05, 3.63) is 16.9 Å².